The highest BCUT2D eigenvalue weighted by molar-refractivity contribution is 5.65. The molecule has 0 amide bonds. The molecule has 0 aromatic carbocycles. The first-order valence-electron chi connectivity index (χ1n) is 4.06. The zero-order chi connectivity index (χ0) is 8.84. The average Bonchev–Trinajstić information content (AvgIpc) is 2.71. The predicted molar refractivity (Wildman–Crippen MR) is 50.2 cm³/mol. The molecule has 3 rings (SSSR count). The van der Waals surface area contributed by atoms with Crippen molar-refractivity contribution in [1.82, 2.24) is 9.38 Å². The van der Waals surface area contributed by atoms with E-state index in [-0.39, 0.29) is 5.56 Å². The molecule has 0 saturated carbocycles. The molecule has 3 heteroatoms. The third kappa shape index (κ3) is 0.731. The van der Waals surface area contributed by atoms with Gasteiger partial charge in [-0.2, -0.15) is 0 Å². The fraction of sp³-hybridized carbons (Fsp3) is 0. The predicted octanol–water partition coefficient (Wildman–Crippen LogP) is 0.221. The van der Waals surface area contributed by atoms with Crippen LogP contribution in [0.5, 0.6) is 0 Å². The molecule has 2 aromatic heterocycles. The monoisotopic (exact) mass is 170 g/mol. The summed E-state index contributed by atoms with van der Waals surface area (Å²) in [4.78, 5) is 16.1. The Morgan fingerprint density at radius 1 is 1.38 bits per heavy atom. The molecule has 0 bridgehead atoms. The second kappa shape index (κ2) is 2.07. The van der Waals surface area contributed by atoms with Gasteiger partial charge in [0.2, 0.25) is 0 Å². The fourth-order valence-electron chi connectivity index (χ4n) is 1.58. The van der Waals surface area contributed by atoms with Crippen LogP contribution in [-0.2, 0) is 0 Å². The Morgan fingerprint density at radius 3 is 3.23 bits per heavy atom. The molecular formula is C10H6N2O. The first-order valence-corrected chi connectivity index (χ1v) is 4.06. The summed E-state index contributed by atoms with van der Waals surface area (Å²) in [5, 5.41) is 0.684. The number of allylic oxidation sites excluding steroid dienone is 1. The summed E-state index contributed by atoms with van der Waals surface area (Å²) < 4.78 is 1.56. The van der Waals surface area contributed by atoms with Crippen LogP contribution in [0.2, 0.25) is 0 Å². The van der Waals surface area contributed by atoms with Gasteiger partial charge in [-0.15, -0.1) is 0 Å². The molecule has 0 radical (unpaired) electrons. The fourth-order valence-corrected chi connectivity index (χ4v) is 1.58. The van der Waals surface area contributed by atoms with Crippen molar-refractivity contribution in [1.29, 1.82) is 0 Å². The lowest BCUT2D eigenvalue weighted by molar-refractivity contribution is 1.04. The summed E-state index contributed by atoms with van der Waals surface area (Å²) in [6, 6.07) is 3.65. The SMILES string of the molecule is O=c1c2c(nc3cccn13)C=CC=2. The van der Waals surface area contributed by atoms with Crippen LogP contribution in [0.1, 0.15) is 5.69 Å². The van der Waals surface area contributed by atoms with E-state index in [9.17, 15) is 4.79 Å². The van der Waals surface area contributed by atoms with E-state index in [4.69, 9.17) is 0 Å². The van der Waals surface area contributed by atoms with E-state index < -0.39 is 0 Å². The molecule has 3 nitrogen and oxygen atoms in total. The van der Waals surface area contributed by atoms with Gasteiger partial charge < -0.3 is 0 Å². The molecule has 0 aliphatic heterocycles. The standard InChI is InChI=1S/C10H6N2O/c13-10-7-3-1-4-8(7)11-9-5-2-6-12(9)10/h1-6H. The largest absolute Gasteiger partial charge is 0.268 e. The number of rotatable bonds is 0. The Balaban J connectivity index is 2.70. The Bertz CT molecular complexity index is 622. The Hall–Kier alpha value is -1.90. The zero-order valence-electron chi connectivity index (χ0n) is 6.77. The van der Waals surface area contributed by atoms with E-state index in [1.807, 2.05) is 24.3 Å². The highest BCUT2D eigenvalue weighted by Gasteiger charge is 2.06. The van der Waals surface area contributed by atoms with Crippen molar-refractivity contribution in [2.24, 2.45) is 0 Å². The second-order valence-corrected chi connectivity index (χ2v) is 2.98. The summed E-state index contributed by atoms with van der Waals surface area (Å²) in [5.41, 5.74) is 1.50. The maximum atomic E-state index is 11.7. The van der Waals surface area contributed by atoms with Gasteiger partial charge in [0.25, 0.3) is 5.56 Å². The smallest absolute Gasteiger partial charge is 0.265 e. The van der Waals surface area contributed by atoms with Gasteiger partial charge in [-0.1, -0.05) is 6.08 Å². The van der Waals surface area contributed by atoms with Gasteiger partial charge in [0.05, 0.1) is 10.9 Å². The topological polar surface area (TPSA) is 34.4 Å². The van der Waals surface area contributed by atoms with Crippen LogP contribution in [0.4, 0.5) is 0 Å². The molecular weight excluding hydrogens is 164 g/mol. The Morgan fingerprint density at radius 2 is 2.31 bits per heavy atom. The Labute approximate surface area is 73.6 Å². The lowest BCUT2D eigenvalue weighted by atomic mass is 10.4. The van der Waals surface area contributed by atoms with Crippen molar-refractivity contribution in [2.75, 3.05) is 0 Å². The molecule has 13 heavy (non-hydrogen) atoms. The first kappa shape index (κ1) is 6.60. The van der Waals surface area contributed by atoms with Crippen LogP contribution in [0.15, 0.2) is 29.2 Å². The molecule has 2 heterocycles. The summed E-state index contributed by atoms with van der Waals surface area (Å²) in [6.45, 7) is 0. The summed E-state index contributed by atoms with van der Waals surface area (Å²) in [6.07, 6.45) is 7.23. The second-order valence-electron chi connectivity index (χ2n) is 2.98. The Kier molecular flexibility index (Phi) is 1.05. The molecule has 0 atom stereocenters. The highest BCUT2D eigenvalue weighted by Crippen LogP contribution is 2.01. The summed E-state index contributed by atoms with van der Waals surface area (Å²) in [5.74, 6) is 0. The molecule has 62 valence electrons. The highest BCUT2D eigenvalue weighted by atomic mass is 16.1. The van der Waals surface area contributed by atoms with Crippen molar-refractivity contribution >= 4 is 17.8 Å². The van der Waals surface area contributed by atoms with Gasteiger partial charge in [-0.3, -0.25) is 9.20 Å². The number of fused-ring (bicyclic) bond motifs is 2. The van der Waals surface area contributed by atoms with Crippen molar-refractivity contribution in [3.8, 4) is 0 Å². The minimum atomic E-state index is 0.00926. The number of hydrogen-bond donors (Lipinski definition) is 0. The van der Waals surface area contributed by atoms with Crippen LogP contribution in [0.3, 0.4) is 0 Å². The average molecular weight is 170 g/mol. The zero-order valence-corrected chi connectivity index (χ0v) is 6.77. The van der Waals surface area contributed by atoms with Crippen molar-refractivity contribution in [2.45, 2.75) is 0 Å². The maximum absolute atomic E-state index is 11.7. The van der Waals surface area contributed by atoms with Crippen molar-refractivity contribution < 1.29 is 0 Å². The minimum absolute atomic E-state index is 0.00926. The molecule has 0 saturated heterocycles. The van der Waals surface area contributed by atoms with Crippen molar-refractivity contribution in [3.05, 3.63) is 45.7 Å². The lowest BCUT2D eigenvalue weighted by Gasteiger charge is -1.94. The minimum Gasteiger partial charge on any atom is -0.268 e. The van der Waals surface area contributed by atoms with Crippen LogP contribution in [0, 0.1) is 0 Å². The number of hydrogen-bond acceptors (Lipinski definition) is 2. The van der Waals surface area contributed by atoms with Crippen LogP contribution in [0.25, 0.3) is 17.8 Å². The van der Waals surface area contributed by atoms with E-state index >= 15 is 0 Å². The van der Waals surface area contributed by atoms with Gasteiger partial charge in [0.1, 0.15) is 5.65 Å². The van der Waals surface area contributed by atoms with Gasteiger partial charge in [0.15, 0.2) is 0 Å². The van der Waals surface area contributed by atoms with Crippen LogP contribution in [-0.4, -0.2) is 9.38 Å². The molecule has 1 aliphatic rings. The van der Waals surface area contributed by atoms with Gasteiger partial charge in [-0.25, -0.2) is 4.98 Å². The van der Waals surface area contributed by atoms with E-state index in [1.165, 1.54) is 0 Å². The summed E-state index contributed by atoms with van der Waals surface area (Å²) >= 11 is 0. The van der Waals surface area contributed by atoms with Gasteiger partial charge in [0, 0.05) is 6.20 Å². The molecule has 2 aromatic rings. The molecule has 0 fully saturated rings. The van der Waals surface area contributed by atoms with E-state index in [0.717, 1.165) is 5.69 Å². The number of aromatic nitrogens is 2. The molecule has 0 spiro atoms. The first-order chi connectivity index (χ1) is 6.36. The maximum Gasteiger partial charge on any atom is 0.265 e. The van der Waals surface area contributed by atoms with Gasteiger partial charge in [-0.05, 0) is 24.3 Å². The van der Waals surface area contributed by atoms with E-state index in [2.05, 4.69) is 4.98 Å². The van der Waals surface area contributed by atoms with Crippen LogP contribution < -0.4 is 10.8 Å². The molecule has 1 aliphatic carbocycles. The number of nitrogens with zero attached hydrogens (tertiary/aromatic N) is 2. The van der Waals surface area contributed by atoms with E-state index in [0.29, 0.717) is 10.9 Å². The summed E-state index contributed by atoms with van der Waals surface area (Å²) in [7, 11) is 0. The third-order valence-electron chi connectivity index (χ3n) is 2.20. The quantitative estimate of drug-likeness (QED) is 0.567. The van der Waals surface area contributed by atoms with Crippen molar-refractivity contribution in [3.63, 3.8) is 0 Å². The molecule has 0 N–H and O–H groups in total. The normalized spacial score (nSPS) is 13.2. The van der Waals surface area contributed by atoms with Gasteiger partial charge >= 0.3 is 0 Å². The molecule has 0 unspecified atom stereocenters. The lowest BCUT2D eigenvalue weighted by Crippen LogP contribution is -2.32. The third-order valence-corrected chi connectivity index (χ3v) is 2.20. The van der Waals surface area contributed by atoms with E-state index in [1.54, 1.807) is 16.7 Å². The van der Waals surface area contributed by atoms with Crippen LogP contribution >= 0.6 is 0 Å².